The molecule has 2 unspecified atom stereocenters. The third kappa shape index (κ3) is 2.51. The van der Waals surface area contributed by atoms with E-state index in [1.54, 1.807) is 0 Å². The summed E-state index contributed by atoms with van der Waals surface area (Å²) < 4.78 is 11.5. The van der Waals surface area contributed by atoms with E-state index in [0.29, 0.717) is 5.25 Å². The van der Waals surface area contributed by atoms with Gasteiger partial charge in [-0.05, 0) is 36.8 Å². The van der Waals surface area contributed by atoms with Gasteiger partial charge in [0, 0.05) is 10.1 Å². The van der Waals surface area contributed by atoms with Crippen LogP contribution in [0.15, 0.2) is 53.4 Å². The molecule has 0 amide bonds. The SMILES string of the molecule is CC1Sc2ccccc2OC1c1ccc(O[SiH3])cc1. The lowest BCUT2D eigenvalue weighted by molar-refractivity contribution is 0.195. The van der Waals surface area contributed by atoms with Gasteiger partial charge < -0.3 is 9.16 Å². The van der Waals surface area contributed by atoms with Crippen LogP contribution in [-0.2, 0) is 0 Å². The van der Waals surface area contributed by atoms with Crippen LogP contribution in [0.1, 0.15) is 18.6 Å². The molecule has 2 aromatic rings. The summed E-state index contributed by atoms with van der Waals surface area (Å²) in [4.78, 5) is 1.23. The number of para-hydroxylation sites is 1. The van der Waals surface area contributed by atoms with Crippen molar-refractivity contribution in [3.8, 4) is 11.5 Å². The zero-order chi connectivity index (χ0) is 13.2. The number of fused-ring (bicyclic) bond motifs is 1. The van der Waals surface area contributed by atoms with Gasteiger partial charge in [0.1, 0.15) is 17.6 Å². The zero-order valence-corrected chi connectivity index (χ0v) is 13.8. The maximum atomic E-state index is 6.15. The van der Waals surface area contributed by atoms with Gasteiger partial charge in [0.25, 0.3) is 0 Å². The summed E-state index contributed by atoms with van der Waals surface area (Å²) in [5.74, 6) is 1.92. The Morgan fingerprint density at radius 1 is 1.11 bits per heavy atom. The molecular formula is C15H16O2SSi. The quantitative estimate of drug-likeness (QED) is 0.792. The van der Waals surface area contributed by atoms with Gasteiger partial charge in [-0.3, -0.25) is 0 Å². The third-order valence-electron chi connectivity index (χ3n) is 3.29. The topological polar surface area (TPSA) is 18.5 Å². The van der Waals surface area contributed by atoms with Crippen LogP contribution in [0.4, 0.5) is 0 Å². The predicted octanol–water partition coefficient (Wildman–Crippen LogP) is 2.96. The summed E-state index contributed by atoms with van der Waals surface area (Å²) in [5.41, 5.74) is 1.21. The van der Waals surface area contributed by atoms with E-state index in [4.69, 9.17) is 9.16 Å². The molecule has 0 spiro atoms. The lowest BCUT2D eigenvalue weighted by Gasteiger charge is -2.31. The lowest BCUT2D eigenvalue weighted by Crippen LogP contribution is -2.22. The molecule has 0 saturated heterocycles. The maximum absolute atomic E-state index is 6.15. The van der Waals surface area contributed by atoms with E-state index in [9.17, 15) is 0 Å². The van der Waals surface area contributed by atoms with Gasteiger partial charge in [0.2, 0.25) is 10.5 Å². The second kappa shape index (κ2) is 5.31. The van der Waals surface area contributed by atoms with Crippen molar-refractivity contribution in [1.82, 2.24) is 0 Å². The first kappa shape index (κ1) is 12.6. The fourth-order valence-electron chi connectivity index (χ4n) is 2.27. The molecule has 0 radical (unpaired) electrons. The molecule has 0 bridgehead atoms. The normalized spacial score (nSPS) is 21.5. The van der Waals surface area contributed by atoms with E-state index >= 15 is 0 Å². The summed E-state index contributed by atoms with van der Waals surface area (Å²) in [6, 6.07) is 16.5. The van der Waals surface area contributed by atoms with Gasteiger partial charge in [-0.25, -0.2) is 0 Å². The van der Waals surface area contributed by atoms with Crippen LogP contribution in [0.25, 0.3) is 0 Å². The average Bonchev–Trinajstić information content (AvgIpc) is 2.47. The Bertz CT molecular complexity index is 571. The highest BCUT2D eigenvalue weighted by Gasteiger charge is 2.28. The molecular weight excluding hydrogens is 272 g/mol. The molecule has 4 heteroatoms. The second-order valence-corrected chi connectivity index (χ2v) is 6.41. The van der Waals surface area contributed by atoms with Crippen molar-refractivity contribution in [3.63, 3.8) is 0 Å². The molecule has 2 nitrogen and oxygen atoms in total. The number of ether oxygens (including phenoxy) is 1. The van der Waals surface area contributed by atoms with Crippen LogP contribution in [0.2, 0.25) is 0 Å². The van der Waals surface area contributed by atoms with Gasteiger partial charge in [-0.2, -0.15) is 0 Å². The van der Waals surface area contributed by atoms with Gasteiger partial charge in [0.05, 0.1) is 0 Å². The largest absolute Gasteiger partial charge is 0.553 e. The van der Waals surface area contributed by atoms with Crippen LogP contribution in [0, 0.1) is 0 Å². The van der Waals surface area contributed by atoms with Crippen molar-refractivity contribution in [3.05, 3.63) is 54.1 Å². The maximum Gasteiger partial charge on any atom is 0.204 e. The summed E-state index contributed by atoms with van der Waals surface area (Å²) in [5, 5.41) is 0.401. The van der Waals surface area contributed by atoms with Crippen molar-refractivity contribution in [2.24, 2.45) is 0 Å². The standard InChI is InChI=1S/C15H16O2SSi/c1-10-15(11-6-8-12(17-19)9-7-11)16-13-4-2-3-5-14(13)18-10/h2-10,15H,1,19H3. The number of hydrogen-bond acceptors (Lipinski definition) is 3. The van der Waals surface area contributed by atoms with Crippen LogP contribution < -0.4 is 9.16 Å². The van der Waals surface area contributed by atoms with Crippen molar-refractivity contribution < 1.29 is 9.16 Å². The summed E-state index contributed by atoms with van der Waals surface area (Å²) in [6.45, 7) is 2.21. The van der Waals surface area contributed by atoms with Gasteiger partial charge in [-0.15, -0.1) is 11.8 Å². The Labute approximate surface area is 120 Å². The monoisotopic (exact) mass is 288 g/mol. The minimum atomic E-state index is 0.100. The van der Waals surface area contributed by atoms with Crippen molar-refractivity contribution in [2.45, 2.75) is 23.2 Å². The van der Waals surface area contributed by atoms with E-state index in [2.05, 4.69) is 31.2 Å². The lowest BCUT2D eigenvalue weighted by atomic mass is 10.1. The molecule has 19 heavy (non-hydrogen) atoms. The fraction of sp³-hybridized carbons (Fsp3) is 0.200. The van der Waals surface area contributed by atoms with Crippen LogP contribution >= 0.6 is 11.8 Å². The molecule has 0 saturated carbocycles. The smallest absolute Gasteiger partial charge is 0.204 e. The highest BCUT2D eigenvalue weighted by molar-refractivity contribution is 8.00. The van der Waals surface area contributed by atoms with E-state index in [-0.39, 0.29) is 6.10 Å². The van der Waals surface area contributed by atoms with Crippen LogP contribution in [0.5, 0.6) is 11.5 Å². The van der Waals surface area contributed by atoms with Crippen molar-refractivity contribution >= 4 is 22.2 Å². The number of benzene rings is 2. The molecule has 0 aliphatic carbocycles. The summed E-state index contributed by atoms with van der Waals surface area (Å²) in [6.07, 6.45) is 0.100. The molecule has 2 atom stereocenters. The van der Waals surface area contributed by atoms with Crippen molar-refractivity contribution in [2.75, 3.05) is 0 Å². The van der Waals surface area contributed by atoms with Gasteiger partial charge in [-0.1, -0.05) is 24.3 Å². The molecule has 1 aliphatic rings. The highest BCUT2D eigenvalue weighted by Crippen LogP contribution is 2.44. The van der Waals surface area contributed by atoms with Gasteiger partial charge >= 0.3 is 0 Å². The summed E-state index contributed by atoms with van der Waals surface area (Å²) in [7, 11) is 0.722. The Balaban J connectivity index is 1.89. The fourth-order valence-corrected chi connectivity index (χ4v) is 3.67. The van der Waals surface area contributed by atoms with E-state index < -0.39 is 0 Å². The molecule has 1 heterocycles. The minimum absolute atomic E-state index is 0.100. The van der Waals surface area contributed by atoms with E-state index in [1.165, 1.54) is 10.5 Å². The molecule has 98 valence electrons. The average molecular weight is 288 g/mol. The third-order valence-corrected chi connectivity index (χ3v) is 4.97. The Morgan fingerprint density at radius 2 is 1.84 bits per heavy atom. The first-order valence-electron chi connectivity index (χ1n) is 6.34. The molecule has 0 fully saturated rings. The number of thioether (sulfide) groups is 1. The van der Waals surface area contributed by atoms with Crippen LogP contribution in [-0.4, -0.2) is 15.7 Å². The molecule has 2 aromatic carbocycles. The van der Waals surface area contributed by atoms with E-state index in [1.807, 2.05) is 36.0 Å². The summed E-state index contributed by atoms with van der Waals surface area (Å²) >= 11 is 1.88. The van der Waals surface area contributed by atoms with Gasteiger partial charge in [0.15, 0.2) is 0 Å². The molecule has 0 N–H and O–H groups in total. The zero-order valence-electron chi connectivity index (χ0n) is 11.0. The molecule has 1 aliphatic heterocycles. The Morgan fingerprint density at radius 3 is 2.58 bits per heavy atom. The Kier molecular flexibility index (Phi) is 3.53. The Hall–Kier alpha value is -1.39. The first-order chi connectivity index (χ1) is 9.28. The molecule has 3 rings (SSSR count). The minimum Gasteiger partial charge on any atom is -0.553 e. The number of hydrogen-bond donors (Lipinski definition) is 0. The number of rotatable bonds is 2. The highest BCUT2D eigenvalue weighted by atomic mass is 32.2. The van der Waals surface area contributed by atoms with Crippen LogP contribution in [0.3, 0.4) is 0 Å². The first-order valence-corrected chi connectivity index (χ1v) is 8.04. The van der Waals surface area contributed by atoms with Crippen molar-refractivity contribution in [1.29, 1.82) is 0 Å². The predicted molar refractivity (Wildman–Crippen MR) is 82.1 cm³/mol. The second-order valence-electron chi connectivity index (χ2n) is 4.58. The van der Waals surface area contributed by atoms with E-state index in [0.717, 1.165) is 22.0 Å². The molecule has 0 aromatic heterocycles.